The number of fused-ring (bicyclic) bond motifs is 1. The molecule has 1 aliphatic heterocycles. The number of nitrogens with two attached hydrogens (primary N) is 1. The normalized spacial score (nSPS) is 20.0. The van der Waals surface area contributed by atoms with Gasteiger partial charge in [0.1, 0.15) is 0 Å². The van der Waals surface area contributed by atoms with Gasteiger partial charge in [-0.25, -0.2) is 0 Å². The van der Waals surface area contributed by atoms with Gasteiger partial charge in [0.05, 0.1) is 4.88 Å². The lowest BCUT2D eigenvalue weighted by Gasteiger charge is -2.33. The van der Waals surface area contributed by atoms with Crippen molar-refractivity contribution in [3.63, 3.8) is 0 Å². The van der Waals surface area contributed by atoms with Gasteiger partial charge in [-0.15, -0.1) is 11.3 Å². The Labute approximate surface area is 142 Å². The van der Waals surface area contributed by atoms with E-state index < -0.39 is 0 Å². The molecule has 3 rings (SSSR count). The molecular formula is C19H26N2OS. The van der Waals surface area contributed by atoms with Crippen molar-refractivity contribution in [2.45, 2.75) is 58.0 Å². The van der Waals surface area contributed by atoms with Gasteiger partial charge in [-0.3, -0.25) is 9.69 Å². The van der Waals surface area contributed by atoms with Crippen molar-refractivity contribution < 1.29 is 4.79 Å². The molecule has 1 amide bonds. The third-order valence-electron chi connectivity index (χ3n) is 4.95. The van der Waals surface area contributed by atoms with Crippen LogP contribution in [0.5, 0.6) is 0 Å². The van der Waals surface area contributed by atoms with Crippen molar-refractivity contribution in [2.24, 2.45) is 5.73 Å². The van der Waals surface area contributed by atoms with Gasteiger partial charge in [0.15, 0.2) is 0 Å². The molecule has 0 spiro atoms. The maximum absolute atomic E-state index is 11.9. The molecule has 23 heavy (non-hydrogen) atoms. The van der Waals surface area contributed by atoms with E-state index >= 15 is 0 Å². The Hall–Kier alpha value is -1.39. The molecule has 1 atom stereocenters. The summed E-state index contributed by atoms with van der Waals surface area (Å²) in [7, 11) is 0. The Morgan fingerprint density at radius 1 is 1.30 bits per heavy atom. The Bertz CT molecular complexity index is 692. The van der Waals surface area contributed by atoms with Crippen LogP contribution in [0.25, 0.3) is 10.1 Å². The zero-order chi connectivity index (χ0) is 16.4. The molecule has 2 aromatic rings. The maximum atomic E-state index is 11.9. The first kappa shape index (κ1) is 16.5. The second-order valence-corrected chi connectivity index (χ2v) is 7.86. The van der Waals surface area contributed by atoms with Crippen molar-refractivity contribution in [1.82, 2.24) is 4.90 Å². The first-order chi connectivity index (χ1) is 11.1. The van der Waals surface area contributed by atoms with Crippen LogP contribution in [0, 0.1) is 0 Å². The molecule has 0 saturated carbocycles. The van der Waals surface area contributed by atoms with Crippen LogP contribution in [-0.2, 0) is 6.42 Å². The average Bonchev–Trinajstić information content (AvgIpc) is 2.72. The summed E-state index contributed by atoms with van der Waals surface area (Å²) in [5.74, 6) is -0.286. The van der Waals surface area contributed by atoms with Gasteiger partial charge in [-0.2, -0.15) is 0 Å². The highest BCUT2D eigenvalue weighted by atomic mass is 32.1. The van der Waals surface area contributed by atoms with Gasteiger partial charge >= 0.3 is 0 Å². The van der Waals surface area contributed by atoms with Crippen LogP contribution in [0.3, 0.4) is 0 Å². The lowest BCUT2D eigenvalue weighted by atomic mass is 9.97. The third-order valence-corrected chi connectivity index (χ3v) is 6.18. The van der Waals surface area contributed by atoms with Crippen LogP contribution in [0.15, 0.2) is 24.3 Å². The van der Waals surface area contributed by atoms with Gasteiger partial charge in [-0.05, 0) is 56.7 Å². The van der Waals surface area contributed by atoms with E-state index in [1.807, 2.05) is 6.07 Å². The molecule has 1 unspecified atom stereocenters. The molecule has 1 fully saturated rings. The van der Waals surface area contributed by atoms with E-state index in [-0.39, 0.29) is 5.91 Å². The summed E-state index contributed by atoms with van der Waals surface area (Å²) >= 11 is 1.54. The number of rotatable bonds is 4. The maximum Gasteiger partial charge on any atom is 0.259 e. The molecule has 1 aromatic carbocycles. The van der Waals surface area contributed by atoms with Gasteiger partial charge in [0.2, 0.25) is 0 Å². The van der Waals surface area contributed by atoms with Crippen molar-refractivity contribution in [1.29, 1.82) is 0 Å². The number of amides is 1. The number of likely N-dealkylation sites (tertiary alicyclic amines) is 1. The number of thiophene rings is 1. The van der Waals surface area contributed by atoms with E-state index in [9.17, 15) is 4.79 Å². The molecule has 124 valence electrons. The van der Waals surface area contributed by atoms with Gasteiger partial charge in [0.25, 0.3) is 5.91 Å². The highest BCUT2D eigenvalue weighted by Crippen LogP contribution is 2.34. The third kappa shape index (κ3) is 3.43. The monoisotopic (exact) mass is 330 g/mol. The van der Waals surface area contributed by atoms with Crippen LogP contribution in [-0.4, -0.2) is 29.4 Å². The summed E-state index contributed by atoms with van der Waals surface area (Å²) in [6.07, 6.45) is 6.01. The minimum Gasteiger partial charge on any atom is -0.365 e. The van der Waals surface area contributed by atoms with Crippen molar-refractivity contribution in [3.8, 4) is 0 Å². The SMILES string of the molecule is CC(C)N1CCCCCC1Cc1c(C(N)=O)sc2ccccc12. The van der Waals surface area contributed by atoms with E-state index in [2.05, 4.69) is 36.9 Å². The first-order valence-corrected chi connectivity index (χ1v) is 9.45. The molecule has 2 heterocycles. The van der Waals surface area contributed by atoms with Crippen LogP contribution >= 0.6 is 11.3 Å². The number of benzene rings is 1. The molecule has 4 heteroatoms. The molecule has 1 aromatic heterocycles. The van der Waals surface area contributed by atoms with Gasteiger partial charge in [0, 0.05) is 16.8 Å². The summed E-state index contributed by atoms with van der Waals surface area (Å²) in [6, 6.07) is 9.34. The lowest BCUT2D eigenvalue weighted by Crippen LogP contribution is -2.41. The number of nitrogens with zero attached hydrogens (tertiary/aromatic N) is 1. The molecule has 1 saturated heterocycles. The van der Waals surface area contributed by atoms with Crippen molar-refractivity contribution in [2.75, 3.05) is 6.54 Å². The first-order valence-electron chi connectivity index (χ1n) is 8.64. The number of hydrogen-bond donors (Lipinski definition) is 1. The summed E-state index contributed by atoms with van der Waals surface area (Å²) in [4.78, 5) is 15.3. The zero-order valence-electron chi connectivity index (χ0n) is 14.0. The molecule has 3 nitrogen and oxygen atoms in total. The fourth-order valence-electron chi connectivity index (χ4n) is 3.83. The smallest absolute Gasteiger partial charge is 0.259 e. The predicted octanol–water partition coefficient (Wildman–Crippen LogP) is 4.20. The van der Waals surface area contributed by atoms with Crippen LogP contribution in [0.4, 0.5) is 0 Å². The lowest BCUT2D eigenvalue weighted by molar-refractivity contribution is 0.100. The zero-order valence-corrected chi connectivity index (χ0v) is 14.9. The fraction of sp³-hybridized carbons (Fsp3) is 0.526. The summed E-state index contributed by atoms with van der Waals surface area (Å²) in [5.41, 5.74) is 6.83. The van der Waals surface area contributed by atoms with Crippen molar-refractivity contribution >= 4 is 27.3 Å². The fourth-order valence-corrected chi connectivity index (χ4v) is 4.92. The summed E-state index contributed by atoms with van der Waals surface area (Å²) < 4.78 is 1.17. The van der Waals surface area contributed by atoms with E-state index in [1.54, 1.807) is 11.3 Å². The van der Waals surface area contributed by atoms with Crippen LogP contribution < -0.4 is 5.73 Å². The number of carbonyl (C=O) groups is 1. The topological polar surface area (TPSA) is 46.3 Å². The highest BCUT2D eigenvalue weighted by Gasteiger charge is 2.26. The molecule has 1 aliphatic rings. The molecule has 0 radical (unpaired) electrons. The minimum absolute atomic E-state index is 0.286. The average molecular weight is 330 g/mol. The van der Waals surface area contributed by atoms with E-state index in [0.717, 1.165) is 23.4 Å². The highest BCUT2D eigenvalue weighted by molar-refractivity contribution is 7.21. The second-order valence-electron chi connectivity index (χ2n) is 6.81. The Morgan fingerprint density at radius 3 is 2.83 bits per heavy atom. The van der Waals surface area contributed by atoms with Gasteiger partial charge < -0.3 is 5.73 Å². The number of primary amides is 1. The van der Waals surface area contributed by atoms with Crippen molar-refractivity contribution in [3.05, 3.63) is 34.7 Å². The quantitative estimate of drug-likeness (QED) is 0.913. The van der Waals surface area contributed by atoms with Gasteiger partial charge in [-0.1, -0.05) is 31.0 Å². The largest absolute Gasteiger partial charge is 0.365 e. The van der Waals surface area contributed by atoms with E-state index in [4.69, 9.17) is 5.73 Å². The van der Waals surface area contributed by atoms with E-state index in [0.29, 0.717) is 12.1 Å². The number of hydrogen-bond acceptors (Lipinski definition) is 3. The predicted molar refractivity (Wildman–Crippen MR) is 98.1 cm³/mol. The number of carbonyl (C=O) groups excluding carboxylic acids is 1. The summed E-state index contributed by atoms with van der Waals surface area (Å²) in [5, 5.41) is 1.21. The minimum atomic E-state index is -0.286. The van der Waals surface area contributed by atoms with Crippen LogP contribution in [0.2, 0.25) is 0 Å². The van der Waals surface area contributed by atoms with Crippen LogP contribution in [0.1, 0.15) is 54.8 Å². The Morgan fingerprint density at radius 2 is 2.09 bits per heavy atom. The Balaban J connectivity index is 1.98. The molecule has 0 bridgehead atoms. The standard InChI is InChI=1S/C19H26N2OS/c1-13(2)21-11-7-3-4-8-14(21)12-16-15-9-5-6-10-17(15)23-18(16)19(20)22/h5-6,9-10,13-14H,3-4,7-8,11-12H2,1-2H3,(H2,20,22). The second kappa shape index (κ2) is 7.02. The molecule has 2 N–H and O–H groups in total. The molecular weight excluding hydrogens is 304 g/mol. The molecule has 0 aliphatic carbocycles. The summed E-state index contributed by atoms with van der Waals surface area (Å²) in [6.45, 7) is 5.72. The van der Waals surface area contributed by atoms with E-state index in [1.165, 1.54) is 35.8 Å². The Kier molecular flexibility index (Phi) is 5.02.